The number of ether oxygens (including phenoxy) is 1. The number of rotatable bonds is 8. The van der Waals surface area contributed by atoms with Crippen LogP contribution in [0.15, 0.2) is 29.3 Å². The molecule has 2 N–H and O–H groups in total. The summed E-state index contributed by atoms with van der Waals surface area (Å²) in [6, 6.07) is 7.68. The number of carbonyl (C=O) groups excluding carboxylic acids is 3. The summed E-state index contributed by atoms with van der Waals surface area (Å²) >= 11 is 0. The second-order valence-corrected chi connectivity index (χ2v) is 9.26. The van der Waals surface area contributed by atoms with E-state index in [2.05, 4.69) is 15.6 Å². The van der Waals surface area contributed by atoms with Gasteiger partial charge in [-0.25, -0.2) is 0 Å². The van der Waals surface area contributed by atoms with E-state index in [-0.39, 0.29) is 24.8 Å². The van der Waals surface area contributed by atoms with E-state index in [1.54, 1.807) is 25.7 Å². The fourth-order valence-corrected chi connectivity index (χ4v) is 4.05. The Morgan fingerprint density at radius 3 is 2.78 bits per heavy atom. The number of fused-ring (bicyclic) bond motifs is 1. The summed E-state index contributed by atoms with van der Waals surface area (Å²) in [6.45, 7) is 8.06. The van der Waals surface area contributed by atoms with E-state index in [9.17, 15) is 14.4 Å². The molecule has 0 bridgehead atoms. The molecule has 1 aromatic rings. The van der Waals surface area contributed by atoms with E-state index in [4.69, 9.17) is 4.74 Å². The minimum atomic E-state index is -0.650. The number of hydrogen-bond donors (Lipinski definition) is 2. The smallest absolute Gasteiger partial charge is 0.307 e. The van der Waals surface area contributed by atoms with Crippen LogP contribution in [0, 0.1) is 0 Å². The maximum Gasteiger partial charge on any atom is 0.307 e. The zero-order valence-electron chi connectivity index (χ0n) is 19.3. The predicted octanol–water partition coefficient (Wildman–Crippen LogP) is 1.78. The van der Waals surface area contributed by atoms with E-state index in [0.717, 1.165) is 42.9 Å². The maximum absolute atomic E-state index is 13.4. The summed E-state index contributed by atoms with van der Waals surface area (Å²) in [4.78, 5) is 44.3. The van der Waals surface area contributed by atoms with Gasteiger partial charge in [0.2, 0.25) is 11.8 Å². The van der Waals surface area contributed by atoms with Crippen LogP contribution >= 0.6 is 0 Å². The Bertz CT molecular complexity index is 875. The summed E-state index contributed by atoms with van der Waals surface area (Å²) in [5.74, 6) is -0.477. The molecule has 0 fully saturated rings. The molecule has 3 rings (SSSR count). The van der Waals surface area contributed by atoms with Crippen LogP contribution in [0.2, 0.25) is 0 Å². The van der Waals surface area contributed by atoms with E-state index in [1.165, 1.54) is 0 Å². The normalized spacial score (nSPS) is 18.3. The topological polar surface area (TPSA) is 100 Å². The van der Waals surface area contributed by atoms with Crippen molar-refractivity contribution < 1.29 is 19.1 Å². The predicted molar refractivity (Wildman–Crippen MR) is 122 cm³/mol. The van der Waals surface area contributed by atoms with Gasteiger partial charge in [0.25, 0.3) is 0 Å². The van der Waals surface area contributed by atoms with Gasteiger partial charge in [0.1, 0.15) is 5.60 Å². The molecular formula is C24H34N4O4. The van der Waals surface area contributed by atoms with Gasteiger partial charge in [0, 0.05) is 26.1 Å². The van der Waals surface area contributed by atoms with Gasteiger partial charge >= 0.3 is 5.97 Å². The van der Waals surface area contributed by atoms with Crippen LogP contribution in [0.1, 0.15) is 57.1 Å². The molecule has 1 atom stereocenters. The molecular weight excluding hydrogens is 408 g/mol. The molecule has 0 aromatic heterocycles. The summed E-state index contributed by atoms with van der Waals surface area (Å²) in [6.07, 6.45) is 2.19. The molecule has 0 saturated heterocycles. The van der Waals surface area contributed by atoms with Crippen molar-refractivity contribution in [1.82, 2.24) is 15.5 Å². The zero-order valence-corrected chi connectivity index (χ0v) is 19.3. The van der Waals surface area contributed by atoms with Crippen molar-refractivity contribution in [3.05, 3.63) is 35.4 Å². The Kier molecular flexibility index (Phi) is 7.88. The minimum absolute atomic E-state index is 0.0170. The number of aliphatic imine (C=N–C) groups is 1. The second kappa shape index (κ2) is 10.6. The Balaban J connectivity index is 1.61. The molecule has 2 aliphatic heterocycles. The van der Waals surface area contributed by atoms with Crippen LogP contribution < -0.4 is 10.6 Å². The first kappa shape index (κ1) is 23.8. The molecule has 0 spiro atoms. The summed E-state index contributed by atoms with van der Waals surface area (Å²) in [5.41, 5.74) is 1.25. The standard InChI is InChI=1S/C24H34N4O4/c1-24(2,3)32-22(30)15-19-18-8-5-4-7-17(18)10-14-28(23(19)31)16-21(29)27-11-6-9-20-25-12-13-26-20/h4-5,7-8,19H,6,9-16H2,1-3H3,(H,25,26)(H,27,29). The van der Waals surface area contributed by atoms with Crippen LogP contribution in [0.4, 0.5) is 0 Å². The summed E-state index contributed by atoms with van der Waals surface area (Å²) in [7, 11) is 0. The molecule has 0 aliphatic carbocycles. The third-order valence-corrected chi connectivity index (χ3v) is 5.47. The van der Waals surface area contributed by atoms with Gasteiger partial charge in [-0.2, -0.15) is 0 Å². The molecule has 174 valence electrons. The number of amidine groups is 1. The molecule has 1 unspecified atom stereocenters. The second-order valence-electron chi connectivity index (χ2n) is 9.26. The lowest BCUT2D eigenvalue weighted by Gasteiger charge is -2.25. The highest BCUT2D eigenvalue weighted by Gasteiger charge is 2.34. The highest BCUT2D eigenvalue weighted by molar-refractivity contribution is 5.92. The number of benzene rings is 1. The zero-order chi connectivity index (χ0) is 23.1. The van der Waals surface area contributed by atoms with Crippen molar-refractivity contribution in [1.29, 1.82) is 0 Å². The third-order valence-electron chi connectivity index (χ3n) is 5.47. The number of hydrogen-bond acceptors (Lipinski definition) is 6. The van der Waals surface area contributed by atoms with E-state index < -0.39 is 17.5 Å². The number of amides is 2. The first-order chi connectivity index (χ1) is 15.2. The molecule has 2 heterocycles. The SMILES string of the molecule is CC(C)(C)OC(=O)CC1C(=O)N(CC(=O)NCCCC2=NCCN2)CCc2ccccc21. The number of nitrogens with one attached hydrogen (secondary N) is 2. The van der Waals surface area contributed by atoms with E-state index >= 15 is 0 Å². The number of carbonyl (C=O) groups is 3. The van der Waals surface area contributed by atoms with Crippen molar-refractivity contribution in [2.45, 2.75) is 58.0 Å². The van der Waals surface area contributed by atoms with Gasteiger partial charge in [0.05, 0.1) is 31.3 Å². The lowest BCUT2D eigenvalue weighted by atomic mass is 9.90. The minimum Gasteiger partial charge on any atom is -0.460 e. The first-order valence-corrected chi connectivity index (χ1v) is 11.4. The number of esters is 1. The molecule has 0 saturated carbocycles. The van der Waals surface area contributed by atoms with Crippen LogP contribution in [0.25, 0.3) is 0 Å². The average molecular weight is 443 g/mol. The highest BCUT2D eigenvalue weighted by Crippen LogP contribution is 2.30. The first-order valence-electron chi connectivity index (χ1n) is 11.4. The Hall–Kier alpha value is -2.90. The quantitative estimate of drug-likeness (QED) is 0.472. The lowest BCUT2D eigenvalue weighted by molar-refractivity contribution is -0.157. The van der Waals surface area contributed by atoms with Crippen molar-refractivity contribution in [3.8, 4) is 0 Å². The largest absolute Gasteiger partial charge is 0.460 e. The van der Waals surface area contributed by atoms with Crippen molar-refractivity contribution in [2.75, 3.05) is 32.7 Å². The maximum atomic E-state index is 13.4. The molecule has 8 heteroatoms. The van der Waals surface area contributed by atoms with Gasteiger partial charge in [-0.1, -0.05) is 24.3 Å². The average Bonchev–Trinajstić information content (AvgIpc) is 3.20. The molecule has 0 radical (unpaired) electrons. The number of nitrogens with zero attached hydrogens (tertiary/aromatic N) is 2. The highest BCUT2D eigenvalue weighted by atomic mass is 16.6. The van der Waals surface area contributed by atoms with Gasteiger partial charge in [0.15, 0.2) is 0 Å². The fraction of sp³-hybridized carbons (Fsp3) is 0.583. The summed E-state index contributed by atoms with van der Waals surface area (Å²) < 4.78 is 5.46. The van der Waals surface area contributed by atoms with Crippen LogP contribution in [0.5, 0.6) is 0 Å². The Morgan fingerprint density at radius 1 is 1.28 bits per heavy atom. The monoisotopic (exact) mass is 442 g/mol. The van der Waals surface area contributed by atoms with Crippen molar-refractivity contribution >= 4 is 23.6 Å². The van der Waals surface area contributed by atoms with Crippen LogP contribution in [-0.2, 0) is 25.5 Å². The third kappa shape index (κ3) is 6.80. The van der Waals surface area contributed by atoms with E-state index in [0.29, 0.717) is 19.5 Å². The molecule has 2 aliphatic rings. The van der Waals surface area contributed by atoms with E-state index in [1.807, 2.05) is 24.3 Å². The van der Waals surface area contributed by atoms with Gasteiger partial charge in [-0.05, 0) is 44.7 Å². The van der Waals surface area contributed by atoms with Gasteiger partial charge < -0.3 is 20.3 Å². The van der Waals surface area contributed by atoms with Gasteiger partial charge in [-0.15, -0.1) is 0 Å². The Morgan fingerprint density at radius 2 is 2.06 bits per heavy atom. The summed E-state index contributed by atoms with van der Waals surface area (Å²) in [5, 5.41) is 6.11. The molecule has 1 aromatic carbocycles. The molecule has 2 amide bonds. The van der Waals surface area contributed by atoms with Gasteiger partial charge in [-0.3, -0.25) is 19.4 Å². The Labute approximate surface area is 189 Å². The fourth-order valence-electron chi connectivity index (χ4n) is 4.05. The van der Waals surface area contributed by atoms with Crippen molar-refractivity contribution in [3.63, 3.8) is 0 Å². The molecule has 8 nitrogen and oxygen atoms in total. The van der Waals surface area contributed by atoms with Crippen molar-refractivity contribution in [2.24, 2.45) is 4.99 Å². The lowest BCUT2D eigenvalue weighted by Crippen LogP contribution is -2.43. The molecule has 32 heavy (non-hydrogen) atoms. The van der Waals surface area contributed by atoms with Crippen LogP contribution in [0.3, 0.4) is 0 Å². The van der Waals surface area contributed by atoms with Crippen LogP contribution in [-0.4, -0.2) is 66.8 Å².